The van der Waals surface area contributed by atoms with Gasteiger partial charge >= 0.3 is 5.97 Å². The zero-order chi connectivity index (χ0) is 12.0. The van der Waals surface area contributed by atoms with Crippen LogP contribution in [0.3, 0.4) is 0 Å². The number of carboxylic acid groups (broad SMARTS) is 1. The summed E-state index contributed by atoms with van der Waals surface area (Å²) in [5.41, 5.74) is 0.233. The molecule has 16 heavy (non-hydrogen) atoms. The van der Waals surface area contributed by atoms with Crippen LogP contribution in [0.5, 0.6) is 0 Å². The molecule has 0 saturated heterocycles. The number of unbranched alkanes of at least 4 members (excludes halogenated alkanes) is 1. The Bertz CT molecular complexity index is 369. The van der Waals surface area contributed by atoms with E-state index in [-0.39, 0.29) is 12.1 Å². The second-order valence-electron chi connectivity index (χ2n) is 3.40. The van der Waals surface area contributed by atoms with E-state index in [1.54, 1.807) is 0 Å². The molecule has 3 nitrogen and oxygen atoms in total. The highest BCUT2D eigenvalue weighted by Crippen LogP contribution is 2.14. The van der Waals surface area contributed by atoms with Crippen molar-refractivity contribution in [3.63, 3.8) is 0 Å². The third kappa shape index (κ3) is 4.25. The number of benzene rings is 1. The largest absolute Gasteiger partial charge is 0.481 e. The molecule has 0 heterocycles. The van der Waals surface area contributed by atoms with Crippen LogP contribution in [0, 0.1) is 11.6 Å². The molecule has 0 saturated carbocycles. The molecule has 0 spiro atoms. The first-order valence-corrected chi connectivity index (χ1v) is 5.00. The molecule has 0 atom stereocenters. The molecule has 0 fully saturated rings. The van der Waals surface area contributed by atoms with Gasteiger partial charge < -0.3 is 10.4 Å². The number of hydrogen-bond acceptors (Lipinski definition) is 2. The maximum Gasteiger partial charge on any atom is 0.303 e. The van der Waals surface area contributed by atoms with Gasteiger partial charge in [0.2, 0.25) is 0 Å². The molecule has 0 aliphatic heterocycles. The van der Waals surface area contributed by atoms with E-state index in [9.17, 15) is 13.6 Å². The summed E-state index contributed by atoms with van der Waals surface area (Å²) in [7, 11) is 0. The van der Waals surface area contributed by atoms with E-state index in [1.165, 1.54) is 12.1 Å². The maximum atomic E-state index is 13.1. The summed E-state index contributed by atoms with van der Waals surface area (Å²) in [6, 6.07) is 3.30. The van der Waals surface area contributed by atoms with Crippen molar-refractivity contribution in [2.75, 3.05) is 11.9 Å². The predicted molar refractivity (Wildman–Crippen MR) is 56.3 cm³/mol. The highest BCUT2D eigenvalue weighted by molar-refractivity contribution is 5.66. The Labute approximate surface area is 92.1 Å². The molecule has 0 amide bonds. The Kier molecular flexibility index (Phi) is 4.69. The third-order valence-corrected chi connectivity index (χ3v) is 2.06. The molecule has 2 N–H and O–H groups in total. The number of aliphatic carboxylic acids is 1. The topological polar surface area (TPSA) is 49.3 Å². The molecular weight excluding hydrogens is 216 g/mol. The van der Waals surface area contributed by atoms with Crippen LogP contribution in [0.15, 0.2) is 18.2 Å². The second kappa shape index (κ2) is 6.05. The Hall–Kier alpha value is -1.65. The zero-order valence-corrected chi connectivity index (χ0v) is 8.67. The van der Waals surface area contributed by atoms with E-state index in [4.69, 9.17) is 5.11 Å². The first-order valence-electron chi connectivity index (χ1n) is 5.00. The number of halogens is 2. The van der Waals surface area contributed by atoms with Crippen LogP contribution in [0.4, 0.5) is 14.5 Å². The number of carbonyl (C=O) groups is 1. The summed E-state index contributed by atoms with van der Waals surface area (Å²) in [5.74, 6) is -2.10. The normalized spacial score (nSPS) is 10.1. The smallest absolute Gasteiger partial charge is 0.303 e. The van der Waals surface area contributed by atoms with Gasteiger partial charge in [-0.05, 0) is 25.0 Å². The molecule has 0 aromatic heterocycles. The fourth-order valence-corrected chi connectivity index (χ4v) is 1.26. The number of hydrogen-bond donors (Lipinski definition) is 2. The van der Waals surface area contributed by atoms with Crippen LogP contribution in [0.2, 0.25) is 0 Å². The molecular formula is C11H13F2NO2. The molecule has 88 valence electrons. The van der Waals surface area contributed by atoms with Gasteiger partial charge in [0, 0.05) is 19.0 Å². The molecule has 1 aromatic carbocycles. The van der Waals surface area contributed by atoms with Crippen molar-refractivity contribution in [1.29, 1.82) is 0 Å². The highest BCUT2D eigenvalue weighted by Gasteiger charge is 2.02. The third-order valence-electron chi connectivity index (χ3n) is 2.06. The SMILES string of the molecule is O=C(O)CCCCNc1ccc(F)cc1F. The van der Waals surface area contributed by atoms with E-state index in [0.717, 1.165) is 6.07 Å². The number of anilines is 1. The molecule has 0 aliphatic rings. The number of nitrogens with one attached hydrogen (secondary N) is 1. The number of carboxylic acids is 1. The minimum atomic E-state index is -0.840. The van der Waals surface area contributed by atoms with E-state index < -0.39 is 17.6 Å². The molecule has 1 aromatic rings. The molecule has 1 rings (SSSR count). The summed E-state index contributed by atoms with van der Waals surface area (Å²) in [5, 5.41) is 11.2. The van der Waals surface area contributed by atoms with Crippen LogP contribution in [-0.2, 0) is 4.79 Å². The standard InChI is InChI=1S/C11H13F2NO2/c12-8-4-5-10(9(13)7-8)14-6-2-1-3-11(15)16/h4-5,7,14H,1-3,6H2,(H,15,16). The summed E-state index contributed by atoms with van der Waals surface area (Å²) < 4.78 is 25.6. The lowest BCUT2D eigenvalue weighted by molar-refractivity contribution is -0.137. The summed E-state index contributed by atoms with van der Waals surface area (Å²) >= 11 is 0. The molecule has 0 aliphatic carbocycles. The van der Waals surface area contributed by atoms with Gasteiger partial charge in [0.15, 0.2) is 0 Å². The fourth-order valence-electron chi connectivity index (χ4n) is 1.26. The first kappa shape index (κ1) is 12.4. The second-order valence-corrected chi connectivity index (χ2v) is 3.40. The predicted octanol–water partition coefficient (Wildman–Crippen LogP) is 2.63. The van der Waals surface area contributed by atoms with Gasteiger partial charge in [-0.25, -0.2) is 8.78 Å². The van der Waals surface area contributed by atoms with Crippen molar-refractivity contribution in [1.82, 2.24) is 0 Å². The minimum Gasteiger partial charge on any atom is -0.481 e. The lowest BCUT2D eigenvalue weighted by Crippen LogP contribution is -2.04. The highest BCUT2D eigenvalue weighted by atomic mass is 19.1. The first-order chi connectivity index (χ1) is 7.59. The molecule has 0 unspecified atom stereocenters. The fraction of sp³-hybridized carbons (Fsp3) is 0.364. The van der Waals surface area contributed by atoms with Gasteiger partial charge in [0.1, 0.15) is 11.6 Å². The van der Waals surface area contributed by atoms with E-state index in [2.05, 4.69) is 5.32 Å². The van der Waals surface area contributed by atoms with Crippen LogP contribution in [0.25, 0.3) is 0 Å². The summed E-state index contributed by atoms with van der Waals surface area (Å²) in [6.45, 7) is 0.468. The monoisotopic (exact) mass is 229 g/mol. The summed E-state index contributed by atoms with van der Waals surface area (Å²) in [4.78, 5) is 10.2. The van der Waals surface area contributed by atoms with E-state index in [0.29, 0.717) is 19.4 Å². The van der Waals surface area contributed by atoms with Crippen molar-refractivity contribution in [2.45, 2.75) is 19.3 Å². The van der Waals surface area contributed by atoms with Crippen molar-refractivity contribution in [3.8, 4) is 0 Å². The van der Waals surface area contributed by atoms with Crippen LogP contribution < -0.4 is 5.32 Å². The van der Waals surface area contributed by atoms with E-state index >= 15 is 0 Å². The Balaban J connectivity index is 2.29. The molecule has 0 radical (unpaired) electrons. The van der Waals surface area contributed by atoms with Crippen molar-refractivity contribution in [3.05, 3.63) is 29.8 Å². The van der Waals surface area contributed by atoms with Crippen molar-refractivity contribution < 1.29 is 18.7 Å². The average Bonchev–Trinajstić information content (AvgIpc) is 2.20. The Morgan fingerprint density at radius 2 is 2.06 bits per heavy atom. The lowest BCUT2D eigenvalue weighted by Gasteiger charge is -2.06. The zero-order valence-electron chi connectivity index (χ0n) is 8.67. The molecule has 0 bridgehead atoms. The molecule has 5 heteroatoms. The van der Waals surface area contributed by atoms with Gasteiger partial charge in [-0.1, -0.05) is 0 Å². The Morgan fingerprint density at radius 3 is 2.69 bits per heavy atom. The van der Waals surface area contributed by atoms with Crippen molar-refractivity contribution in [2.24, 2.45) is 0 Å². The van der Waals surface area contributed by atoms with Crippen LogP contribution >= 0.6 is 0 Å². The minimum absolute atomic E-state index is 0.105. The van der Waals surface area contributed by atoms with Gasteiger partial charge in [-0.2, -0.15) is 0 Å². The number of rotatable bonds is 6. The van der Waals surface area contributed by atoms with E-state index in [1.807, 2.05) is 0 Å². The van der Waals surface area contributed by atoms with Gasteiger partial charge in [-0.15, -0.1) is 0 Å². The summed E-state index contributed by atoms with van der Waals surface area (Å²) in [6.07, 6.45) is 1.27. The van der Waals surface area contributed by atoms with Gasteiger partial charge in [-0.3, -0.25) is 4.79 Å². The van der Waals surface area contributed by atoms with Crippen molar-refractivity contribution >= 4 is 11.7 Å². The van der Waals surface area contributed by atoms with Gasteiger partial charge in [0.05, 0.1) is 5.69 Å². The Morgan fingerprint density at radius 1 is 1.31 bits per heavy atom. The average molecular weight is 229 g/mol. The van der Waals surface area contributed by atoms with Crippen LogP contribution in [0.1, 0.15) is 19.3 Å². The maximum absolute atomic E-state index is 13.1. The quantitative estimate of drug-likeness (QED) is 0.737. The van der Waals surface area contributed by atoms with Crippen LogP contribution in [-0.4, -0.2) is 17.6 Å². The van der Waals surface area contributed by atoms with Gasteiger partial charge in [0.25, 0.3) is 0 Å². The lowest BCUT2D eigenvalue weighted by atomic mass is 10.2.